The molecule has 1 aromatic rings. The van der Waals surface area contributed by atoms with Crippen LogP contribution in [0.3, 0.4) is 0 Å². The van der Waals surface area contributed by atoms with Crippen molar-refractivity contribution in [3.63, 3.8) is 0 Å². The lowest BCUT2D eigenvalue weighted by atomic mass is 10.1. The van der Waals surface area contributed by atoms with Crippen molar-refractivity contribution in [2.24, 2.45) is 11.7 Å². The van der Waals surface area contributed by atoms with Gasteiger partial charge in [-0.05, 0) is 12.1 Å². The van der Waals surface area contributed by atoms with Crippen LogP contribution in [0, 0.1) is 5.92 Å². The van der Waals surface area contributed by atoms with E-state index in [9.17, 15) is 4.79 Å². The Morgan fingerprint density at radius 2 is 2.38 bits per heavy atom. The molecule has 3 N–H and O–H groups in total. The predicted molar refractivity (Wildman–Crippen MR) is 66.7 cm³/mol. The maximum atomic E-state index is 11.6. The van der Waals surface area contributed by atoms with Crippen molar-refractivity contribution >= 4 is 23.1 Å². The van der Waals surface area contributed by atoms with Crippen molar-refractivity contribution in [3.8, 4) is 0 Å². The molecule has 0 saturated carbocycles. The molecule has 0 aliphatic carbocycles. The zero-order valence-electron chi connectivity index (χ0n) is 9.14. The van der Waals surface area contributed by atoms with Crippen LogP contribution in [0.2, 0.25) is 0 Å². The number of nitrogens with one attached hydrogen (secondary N) is 1. The summed E-state index contributed by atoms with van der Waals surface area (Å²) < 4.78 is 0. The van der Waals surface area contributed by atoms with Crippen LogP contribution in [0.4, 0.5) is 0 Å². The number of amides is 1. The summed E-state index contributed by atoms with van der Waals surface area (Å²) in [5.74, 6) is -0.250. The zero-order valence-corrected chi connectivity index (χ0v) is 9.96. The van der Waals surface area contributed by atoms with Crippen LogP contribution in [0.1, 0.15) is 19.0 Å². The fraction of sp³-hybridized carbons (Fsp3) is 0.364. The normalized spacial score (nSPS) is 11.8. The van der Waals surface area contributed by atoms with Crippen LogP contribution in [0.5, 0.6) is 0 Å². The summed E-state index contributed by atoms with van der Waals surface area (Å²) in [6.45, 7) is 2.23. The van der Waals surface area contributed by atoms with Gasteiger partial charge in [0.25, 0.3) is 0 Å². The van der Waals surface area contributed by atoms with Crippen LogP contribution in [0.25, 0.3) is 0 Å². The molecule has 0 spiro atoms. The second kappa shape index (κ2) is 6.17. The van der Waals surface area contributed by atoms with Crippen LogP contribution in [-0.2, 0) is 11.3 Å². The molecule has 16 heavy (non-hydrogen) atoms. The average molecular weight is 237 g/mol. The van der Waals surface area contributed by atoms with E-state index in [4.69, 9.17) is 18.0 Å². The third-order valence-electron chi connectivity index (χ3n) is 2.12. The third kappa shape index (κ3) is 4.35. The van der Waals surface area contributed by atoms with E-state index >= 15 is 0 Å². The Balaban J connectivity index is 2.38. The first-order valence-corrected chi connectivity index (χ1v) is 5.46. The molecular weight excluding hydrogens is 222 g/mol. The maximum absolute atomic E-state index is 11.6. The summed E-state index contributed by atoms with van der Waals surface area (Å²) in [6.07, 6.45) is 2.13. The molecule has 1 amide bonds. The minimum Gasteiger partial charge on any atom is -0.393 e. The van der Waals surface area contributed by atoms with E-state index in [0.29, 0.717) is 18.0 Å². The number of nitrogens with zero attached hydrogens (tertiary/aromatic N) is 1. The smallest absolute Gasteiger partial charge is 0.223 e. The molecule has 1 atom stereocenters. The Bertz CT molecular complexity index is 367. The van der Waals surface area contributed by atoms with Gasteiger partial charge in [0.2, 0.25) is 5.91 Å². The molecule has 0 bridgehead atoms. The number of aromatic nitrogens is 1. The van der Waals surface area contributed by atoms with Crippen LogP contribution >= 0.6 is 12.2 Å². The minimum absolute atomic E-state index is 0.0570. The molecule has 0 aromatic carbocycles. The first-order valence-electron chi connectivity index (χ1n) is 5.05. The molecular formula is C11H15N3OS. The number of carbonyl (C=O) groups is 1. The van der Waals surface area contributed by atoms with E-state index < -0.39 is 0 Å². The predicted octanol–water partition coefficient (Wildman–Crippen LogP) is 1.01. The molecule has 0 aliphatic heterocycles. The van der Waals surface area contributed by atoms with Gasteiger partial charge >= 0.3 is 0 Å². The summed E-state index contributed by atoms with van der Waals surface area (Å²) in [5, 5.41) is 2.79. The van der Waals surface area contributed by atoms with Crippen molar-refractivity contribution in [2.75, 3.05) is 0 Å². The van der Waals surface area contributed by atoms with Gasteiger partial charge < -0.3 is 11.1 Å². The summed E-state index contributed by atoms with van der Waals surface area (Å²) in [5.41, 5.74) is 6.21. The molecule has 86 valence electrons. The Kier molecular flexibility index (Phi) is 4.85. The van der Waals surface area contributed by atoms with E-state index in [0.717, 1.165) is 5.69 Å². The van der Waals surface area contributed by atoms with Gasteiger partial charge in [-0.2, -0.15) is 0 Å². The lowest BCUT2D eigenvalue weighted by molar-refractivity contribution is -0.124. The average Bonchev–Trinajstić information content (AvgIpc) is 2.26. The van der Waals surface area contributed by atoms with Crippen molar-refractivity contribution in [2.45, 2.75) is 19.9 Å². The minimum atomic E-state index is -0.193. The number of hydrogen-bond acceptors (Lipinski definition) is 3. The molecule has 1 rings (SSSR count). The van der Waals surface area contributed by atoms with Crippen molar-refractivity contribution in [1.82, 2.24) is 10.3 Å². The Labute approximate surface area is 100 Å². The molecule has 0 fully saturated rings. The quantitative estimate of drug-likeness (QED) is 0.750. The maximum Gasteiger partial charge on any atom is 0.223 e. The van der Waals surface area contributed by atoms with E-state index in [1.165, 1.54) is 0 Å². The van der Waals surface area contributed by atoms with Crippen LogP contribution in [-0.4, -0.2) is 15.9 Å². The standard InChI is InChI=1S/C11H15N3OS/c1-8(6-10(12)16)11(15)14-7-9-4-2-3-5-13-9/h2-5,8H,6-7H2,1H3,(H2,12,16)(H,14,15). The molecule has 1 unspecified atom stereocenters. The molecule has 0 radical (unpaired) electrons. The molecule has 0 saturated heterocycles. The number of pyridine rings is 1. The largest absolute Gasteiger partial charge is 0.393 e. The Hall–Kier alpha value is -1.49. The molecule has 0 aliphatic rings. The Morgan fingerprint density at radius 3 is 2.94 bits per heavy atom. The van der Waals surface area contributed by atoms with Gasteiger partial charge in [-0.15, -0.1) is 0 Å². The van der Waals surface area contributed by atoms with Gasteiger partial charge in [-0.25, -0.2) is 0 Å². The van der Waals surface area contributed by atoms with Crippen LogP contribution < -0.4 is 11.1 Å². The highest BCUT2D eigenvalue weighted by Gasteiger charge is 2.13. The zero-order chi connectivity index (χ0) is 12.0. The molecule has 5 heteroatoms. The molecule has 1 aromatic heterocycles. The van der Waals surface area contributed by atoms with Crippen LogP contribution in [0.15, 0.2) is 24.4 Å². The number of hydrogen-bond donors (Lipinski definition) is 2. The molecule has 1 heterocycles. The van der Waals surface area contributed by atoms with Gasteiger partial charge in [0.05, 0.1) is 17.2 Å². The fourth-order valence-corrected chi connectivity index (χ4v) is 1.50. The second-order valence-electron chi connectivity index (χ2n) is 3.61. The third-order valence-corrected chi connectivity index (χ3v) is 2.29. The topological polar surface area (TPSA) is 68.0 Å². The number of carbonyl (C=O) groups excluding carboxylic acids is 1. The SMILES string of the molecule is CC(CC(N)=S)C(=O)NCc1ccccn1. The lowest BCUT2D eigenvalue weighted by Gasteiger charge is -2.10. The Morgan fingerprint density at radius 1 is 1.62 bits per heavy atom. The van der Waals surface area contributed by atoms with Crippen molar-refractivity contribution in [3.05, 3.63) is 30.1 Å². The number of nitrogens with two attached hydrogens (primary N) is 1. The highest BCUT2D eigenvalue weighted by molar-refractivity contribution is 7.80. The van der Waals surface area contributed by atoms with E-state index in [1.54, 1.807) is 13.1 Å². The van der Waals surface area contributed by atoms with E-state index in [2.05, 4.69) is 10.3 Å². The van der Waals surface area contributed by atoms with Gasteiger partial charge in [-0.3, -0.25) is 9.78 Å². The van der Waals surface area contributed by atoms with Gasteiger partial charge in [0.15, 0.2) is 0 Å². The van der Waals surface area contributed by atoms with E-state index in [-0.39, 0.29) is 11.8 Å². The van der Waals surface area contributed by atoms with Gasteiger partial charge in [0, 0.05) is 18.5 Å². The highest BCUT2D eigenvalue weighted by Crippen LogP contribution is 2.02. The van der Waals surface area contributed by atoms with Gasteiger partial charge in [0.1, 0.15) is 0 Å². The first-order chi connectivity index (χ1) is 7.59. The second-order valence-corrected chi connectivity index (χ2v) is 4.13. The van der Waals surface area contributed by atoms with Crippen molar-refractivity contribution in [1.29, 1.82) is 0 Å². The lowest BCUT2D eigenvalue weighted by Crippen LogP contribution is -2.31. The number of thiocarbonyl (C=S) groups is 1. The fourth-order valence-electron chi connectivity index (χ4n) is 1.25. The van der Waals surface area contributed by atoms with Crippen molar-refractivity contribution < 1.29 is 4.79 Å². The summed E-state index contributed by atoms with van der Waals surface area (Å²) in [7, 11) is 0. The first kappa shape index (κ1) is 12.6. The monoisotopic (exact) mass is 237 g/mol. The molecule has 4 nitrogen and oxygen atoms in total. The summed E-state index contributed by atoms with van der Waals surface area (Å²) in [4.78, 5) is 16.1. The number of rotatable bonds is 5. The summed E-state index contributed by atoms with van der Waals surface area (Å²) in [6, 6.07) is 5.58. The summed E-state index contributed by atoms with van der Waals surface area (Å²) >= 11 is 4.75. The highest BCUT2D eigenvalue weighted by atomic mass is 32.1. The van der Waals surface area contributed by atoms with E-state index in [1.807, 2.05) is 18.2 Å². The van der Waals surface area contributed by atoms with Gasteiger partial charge in [-0.1, -0.05) is 25.2 Å².